The third kappa shape index (κ3) is 6.65. The fourth-order valence-corrected chi connectivity index (χ4v) is 1.70. The maximum Gasteiger partial charge on any atom is 0.416 e. The van der Waals surface area contributed by atoms with Gasteiger partial charge in [-0.3, -0.25) is 14.4 Å². The predicted molar refractivity (Wildman–Crippen MR) is 79.7 cm³/mol. The molecule has 0 aliphatic carbocycles. The van der Waals surface area contributed by atoms with Crippen LogP contribution in [0.25, 0.3) is 0 Å². The van der Waals surface area contributed by atoms with Crippen LogP contribution in [-0.4, -0.2) is 30.8 Å². The van der Waals surface area contributed by atoms with Gasteiger partial charge >= 0.3 is 6.18 Å². The molecule has 0 atom stereocenters. The SMILES string of the molecule is CC(=O)NCC(=O)NCC(=O)Nc1cc(CN)cc(C(F)(F)F)c1. The monoisotopic (exact) mass is 346 g/mol. The molecule has 0 fully saturated rings. The molecule has 0 heterocycles. The van der Waals surface area contributed by atoms with Crippen molar-refractivity contribution in [1.29, 1.82) is 0 Å². The molecule has 1 aromatic rings. The van der Waals surface area contributed by atoms with Gasteiger partial charge in [-0.05, 0) is 23.8 Å². The lowest BCUT2D eigenvalue weighted by Gasteiger charge is -2.13. The van der Waals surface area contributed by atoms with E-state index in [0.717, 1.165) is 12.1 Å². The van der Waals surface area contributed by atoms with E-state index in [1.807, 2.05) is 0 Å². The molecular formula is C14H17F3N4O3. The average Bonchev–Trinajstić information content (AvgIpc) is 2.49. The number of alkyl halides is 3. The minimum absolute atomic E-state index is 0.0774. The summed E-state index contributed by atoms with van der Waals surface area (Å²) in [7, 11) is 0. The Labute approximate surface area is 135 Å². The summed E-state index contributed by atoms with van der Waals surface area (Å²) in [5.74, 6) is -1.73. The Morgan fingerprint density at radius 1 is 1.04 bits per heavy atom. The van der Waals surface area contributed by atoms with Crippen molar-refractivity contribution in [1.82, 2.24) is 10.6 Å². The lowest BCUT2D eigenvalue weighted by Crippen LogP contribution is -2.39. The number of hydrogen-bond donors (Lipinski definition) is 4. The van der Waals surface area contributed by atoms with E-state index < -0.39 is 36.0 Å². The lowest BCUT2D eigenvalue weighted by atomic mass is 10.1. The minimum Gasteiger partial charge on any atom is -0.347 e. The van der Waals surface area contributed by atoms with Crippen LogP contribution in [0.2, 0.25) is 0 Å². The van der Waals surface area contributed by atoms with Crippen LogP contribution in [0.5, 0.6) is 0 Å². The molecule has 1 aromatic carbocycles. The second kappa shape index (κ2) is 8.29. The van der Waals surface area contributed by atoms with Gasteiger partial charge in [-0.25, -0.2) is 0 Å². The van der Waals surface area contributed by atoms with Gasteiger partial charge in [0.15, 0.2) is 0 Å². The van der Waals surface area contributed by atoms with Crippen molar-refractivity contribution < 1.29 is 27.6 Å². The number of carbonyl (C=O) groups excluding carboxylic acids is 3. The number of rotatable bonds is 6. The molecule has 132 valence electrons. The maximum atomic E-state index is 12.8. The molecule has 0 bridgehead atoms. The van der Waals surface area contributed by atoms with Gasteiger partial charge in [-0.1, -0.05) is 0 Å². The van der Waals surface area contributed by atoms with Crippen molar-refractivity contribution in [2.24, 2.45) is 5.73 Å². The Balaban J connectivity index is 2.66. The van der Waals surface area contributed by atoms with Gasteiger partial charge in [0.2, 0.25) is 17.7 Å². The molecule has 10 heteroatoms. The number of halogens is 3. The van der Waals surface area contributed by atoms with Crippen LogP contribution >= 0.6 is 0 Å². The molecule has 0 saturated carbocycles. The van der Waals surface area contributed by atoms with Gasteiger partial charge in [0, 0.05) is 19.2 Å². The summed E-state index contributed by atoms with van der Waals surface area (Å²) in [6.07, 6.45) is -4.57. The summed E-state index contributed by atoms with van der Waals surface area (Å²) in [6.45, 7) is 0.346. The number of hydrogen-bond acceptors (Lipinski definition) is 4. The second-order valence-corrected chi connectivity index (χ2v) is 4.86. The molecule has 0 unspecified atom stereocenters. The van der Waals surface area contributed by atoms with Crippen LogP contribution in [0.3, 0.4) is 0 Å². The topological polar surface area (TPSA) is 113 Å². The third-order valence-electron chi connectivity index (χ3n) is 2.78. The minimum atomic E-state index is -4.57. The van der Waals surface area contributed by atoms with Gasteiger partial charge in [-0.2, -0.15) is 13.2 Å². The molecule has 1 rings (SSSR count). The number of benzene rings is 1. The Morgan fingerprint density at radius 3 is 2.21 bits per heavy atom. The summed E-state index contributed by atoms with van der Waals surface area (Å²) in [5, 5.41) is 6.71. The van der Waals surface area contributed by atoms with Crippen molar-refractivity contribution in [2.75, 3.05) is 18.4 Å². The molecular weight excluding hydrogens is 329 g/mol. The average molecular weight is 346 g/mol. The molecule has 0 aliphatic rings. The number of anilines is 1. The first-order valence-corrected chi connectivity index (χ1v) is 6.84. The van der Waals surface area contributed by atoms with Crippen molar-refractivity contribution in [2.45, 2.75) is 19.6 Å². The summed E-state index contributed by atoms with van der Waals surface area (Å²) in [6, 6.07) is 2.98. The zero-order valence-electron chi connectivity index (χ0n) is 12.8. The first-order valence-electron chi connectivity index (χ1n) is 6.84. The van der Waals surface area contributed by atoms with Crippen LogP contribution in [0.4, 0.5) is 18.9 Å². The molecule has 7 nitrogen and oxygen atoms in total. The first kappa shape index (κ1) is 19.4. The molecule has 5 N–H and O–H groups in total. The van der Waals surface area contributed by atoms with E-state index in [0.29, 0.717) is 0 Å². The molecule has 0 spiro atoms. The number of nitrogens with two attached hydrogens (primary N) is 1. The van der Waals surface area contributed by atoms with E-state index in [9.17, 15) is 27.6 Å². The number of carbonyl (C=O) groups is 3. The van der Waals surface area contributed by atoms with Crippen LogP contribution < -0.4 is 21.7 Å². The smallest absolute Gasteiger partial charge is 0.347 e. The summed E-state index contributed by atoms with van der Waals surface area (Å²) in [5.41, 5.74) is 4.54. The molecule has 0 saturated heterocycles. The van der Waals surface area contributed by atoms with Gasteiger partial charge in [-0.15, -0.1) is 0 Å². The molecule has 0 radical (unpaired) electrons. The van der Waals surface area contributed by atoms with Gasteiger partial charge < -0.3 is 21.7 Å². The Hall–Kier alpha value is -2.62. The fourth-order valence-electron chi connectivity index (χ4n) is 1.70. The molecule has 0 aromatic heterocycles. The highest BCUT2D eigenvalue weighted by Gasteiger charge is 2.31. The Bertz CT molecular complexity index is 632. The van der Waals surface area contributed by atoms with E-state index >= 15 is 0 Å². The summed E-state index contributed by atoms with van der Waals surface area (Å²) in [4.78, 5) is 33.6. The maximum absolute atomic E-state index is 12.8. The van der Waals surface area contributed by atoms with Gasteiger partial charge in [0.05, 0.1) is 18.7 Å². The highest BCUT2D eigenvalue weighted by molar-refractivity contribution is 5.95. The zero-order chi connectivity index (χ0) is 18.3. The standard InChI is InChI=1S/C14H17F3N4O3/c1-8(22)19-6-12(23)20-7-13(24)21-11-3-9(5-18)2-10(4-11)14(15,16)17/h2-4H,5-7,18H2,1H3,(H,19,22)(H,20,23)(H,21,24). The predicted octanol–water partition coefficient (Wildman–Crippen LogP) is 0.355. The largest absolute Gasteiger partial charge is 0.416 e. The summed E-state index contributed by atoms with van der Waals surface area (Å²) >= 11 is 0. The normalized spacial score (nSPS) is 10.9. The quantitative estimate of drug-likeness (QED) is 0.595. The lowest BCUT2D eigenvalue weighted by molar-refractivity contribution is -0.137. The van der Waals surface area contributed by atoms with E-state index in [4.69, 9.17) is 5.73 Å². The second-order valence-electron chi connectivity index (χ2n) is 4.86. The van der Waals surface area contributed by atoms with Crippen LogP contribution in [0, 0.1) is 0 Å². The molecule has 0 aliphatic heterocycles. The van der Waals surface area contributed by atoms with E-state index in [-0.39, 0.29) is 24.3 Å². The van der Waals surface area contributed by atoms with E-state index in [1.165, 1.54) is 13.0 Å². The van der Waals surface area contributed by atoms with Crippen LogP contribution in [-0.2, 0) is 27.1 Å². The first-order chi connectivity index (χ1) is 11.1. The van der Waals surface area contributed by atoms with Crippen molar-refractivity contribution in [3.63, 3.8) is 0 Å². The van der Waals surface area contributed by atoms with E-state index in [2.05, 4.69) is 16.0 Å². The highest BCUT2D eigenvalue weighted by atomic mass is 19.4. The highest BCUT2D eigenvalue weighted by Crippen LogP contribution is 2.31. The van der Waals surface area contributed by atoms with Crippen LogP contribution in [0.15, 0.2) is 18.2 Å². The summed E-state index contributed by atoms with van der Waals surface area (Å²) < 4.78 is 38.3. The van der Waals surface area contributed by atoms with Gasteiger partial charge in [0.25, 0.3) is 0 Å². The number of amides is 3. The van der Waals surface area contributed by atoms with Crippen molar-refractivity contribution in [3.05, 3.63) is 29.3 Å². The molecule has 3 amide bonds. The zero-order valence-corrected chi connectivity index (χ0v) is 12.8. The number of nitrogens with one attached hydrogen (secondary N) is 3. The van der Waals surface area contributed by atoms with Crippen molar-refractivity contribution >= 4 is 23.4 Å². The third-order valence-corrected chi connectivity index (χ3v) is 2.78. The van der Waals surface area contributed by atoms with E-state index in [1.54, 1.807) is 0 Å². The Morgan fingerprint density at radius 2 is 1.67 bits per heavy atom. The molecule has 24 heavy (non-hydrogen) atoms. The fraction of sp³-hybridized carbons (Fsp3) is 0.357. The van der Waals surface area contributed by atoms with Crippen LogP contribution in [0.1, 0.15) is 18.1 Å². The Kier molecular flexibility index (Phi) is 6.71. The van der Waals surface area contributed by atoms with Gasteiger partial charge in [0.1, 0.15) is 0 Å². The van der Waals surface area contributed by atoms with Crippen molar-refractivity contribution in [3.8, 4) is 0 Å².